The van der Waals surface area contributed by atoms with Gasteiger partial charge in [-0.15, -0.1) is 0 Å². The number of benzene rings is 4. The van der Waals surface area contributed by atoms with Crippen LogP contribution in [-0.4, -0.2) is 96.2 Å². The van der Waals surface area contributed by atoms with Gasteiger partial charge in [-0.05, 0) is 163 Å². The van der Waals surface area contributed by atoms with Crippen molar-refractivity contribution in [3.63, 3.8) is 0 Å². The highest BCUT2D eigenvalue weighted by molar-refractivity contribution is 5.93. The number of nitrogens with zero attached hydrogens (tertiary/aromatic N) is 4. The second-order valence-electron chi connectivity index (χ2n) is 28.9. The van der Waals surface area contributed by atoms with Gasteiger partial charge in [0.25, 0.3) is 23.6 Å². The number of hydrogen-bond acceptors (Lipinski definition) is 12. The highest BCUT2D eigenvalue weighted by Gasteiger charge is 2.30. The number of pyridine rings is 4. The van der Waals surface area contributed by atoms with Crippen LogP contribution < -0.4 is 40.2 Å². The first kappa shape index (κ1) is 70.9. The highest BCUT2D eigenvalue weighted by Crippen LogP contribution is 2.45. The van der Waals surface area contributed by atoms with Gasteiger partial charge in [0, 0.05) is 76.6 Å². The van der Waals surface area contributed by atoms with Crippen LogP contribution in [0.5, 0.6) is 23.0 Å². The van der Waals surface area contributed by atoms with E-state index in [1.165, 1.54) is 0 Å². The van der Waals surface area contributed by atoms with E-state index in [1.54, 1.807) is 97.6 Å². The van der Waals surface area contributed by atoms with E-state index in [9.17, 15) is 19.2 Å². The quantitative estimate of drug-likeness (QED) is 0.0417. The minimum Gasteiger partial charge on any atom is -0.493 e. The number of nitrogens with one attached hydrogen (secondary N) is 4. The van der Waals surface area contributed by atoms with Gasteiger partial charge in [0.2, 0.25) is 0 Å². The van der Waals surface area contributed by atoms with Crippen LogP contribution in [0.1, 0.15) is 217 Å². The first-order valence-electron chi connectivity index (χ1n) is 33.7. The van der Waals surface area contributed by atoms with Crippen molar-refractivity contribution in [3.8, 4) is 23.0 Å². The lowest BCUT2D eigenvalue weighted by molar-refractivity contribution is 0.0938. The van der Waals surface area contributed by atoms with E-state index in [4.69, 9.17) is 18.9 Å². The number of carbonyl (C=O) groups is 4. The van der Waals surface area contributed by atoms with Crippen molar-refractivity contribution in [1.29, 1.82) is 0 Å². The molecule has 1 aliphatic carbocycles. The van der Waals surface area contributed by atoms with Gasteiger partial charge in [-0.1, -0.05) is 156 Å². The third-order valence-electron chi connectivity index (χ3n) is 17.0. The molecule has 9 rings (SSSR count). The van der Waals surface area contributed by atoms with Crippen molar-refractivity contribution in [2.75, 3.05) is 52.6 Å². The Hall–Kier alpha value is -9.44. The number of hydrogen-bond donors (Lipinski definition) is 4. The summed E-state index contributed by atoms with van der Waals surface area (Å²) in [6, 6.07) is 39.5. The summed E-state index contributed by atoms with van der Waals surface area (Å²) in [7, 11) is 0. The molecule has 4 N–H and O–H groups in total. The lowest BCUT2D eigenvalue weighted by Crippen LogP contribution is -2.26. The Bertz CT molecular complexity index is 3360. The van der Waals surface area contributed by atoms with E-state index in [0.717, 1.165) is 89.8 Å². The average molecular weight is 1300 g/mol. The summed E-state index contributed by atoms with van der Waals surface area (Å²) in [4.78, 5) is 70.2. The highest BCUT2D eigenvalue weighted by atomic mass is 16.5. The van der Waals surface area contributed by atoms with Crippen LogP contribution in [0, 0.1) is 0 Å². The largest absolute Gasteiger partial charge is 0.493 e. The Balaban J connectivity index is 1.23. The van der Waals surface area contributed by atoms with Gasteiger partial charge in [0.1, 0.15) is 45.8 Å². The van der Waals surface area contributed by atoms with Crippen LogP contribution in [0.2, 0.25) is 0 Å². The summed E-state index contributed by atoms with van der Waals surface area (Å²) in [5.74, 6) is 1.97. The van der Waals surface area contributed by atoms with Crippen molar-refractivity contribution in [1.82, 2.24) is 41.2 Å². The molecule has 4 amide bonds. The van der Waals surface area contributed by atoms with Crippen LogP contribution in [0.15, 0.2) is 146 Å². The molecule has 4 aromatic heterocycles. The monoisotopic (exact) mass is 1300 g/mol. The third kappa shape index (κ3) is 19.4. The Kier molecular flexibility index (Phi) is 23.5. The van der Waals surface area contributed by atoms with E-state index < -0.39 is 0 Å². The van der Waals surface area contributed by atoms with Gasteiger partial charge in [-0.3, -0.25) is 39.1 Å². The molecule has 0 saturated heterocycles. The molecule has 0 unspecified atom stereocenters. The molecular weight excluding hydrogens is 1200 g/mol. The molecule has 96 heavy (non-hydrogen) atoms. The smallest absolute Gasteiger partial charge is 0.269 e. The maximum atomic E-state index is 13.3. The number of fused-ring (bicyclic) bond motifs is 8. The molecule has 0 spiro atoms. The van der Waals surface area contributed by atoms with Gasteiger partial charge in [0.05, 0.1) is 26.4 Å². The summed E-state index contributed by atoms with van der Waals surface area (Å²) >= 11 is 0. The van der Waals surface area contributed by atoms with E-state index in [-0.39, 0.29) is 45.3 Å². The molecule has 0 atom stereocenters. The number of ether oxygens (including phenoxy) is 4. The van der Waals surface area contributed by atoms with E-state index in [1.807, 2.05) is 0 Å². The Morgan fingerprint density at radius 3 is 0.656 bits per heavy atom. The average Bonchev–Trinajstić information content (AvgIpc) is 0.766. The topological polar surface area (TPSA) is 205 Å². The molecule has 0 radical (unpaired) electrons. The lowest BCUT2D eigenvalue weighted by atomic mass is 9.79. The number of carbonyl (C=O) groups excluding carboxylic acids is 4. The fourth-order valence-electron chi connectivity index (χ4n) is 11.5. The summed E-state index contributed by atoms with van der Waals surface area (Å²) in [6.07, 6.45) is 10.2. The van der Waals surface area contributed by atoms with Crippen molar-refractivity contribution >= 4 is 23.6 Å². The van der Waals surface area contributed by atoms with Gasteiger partial charge < -0.3 is 40.2 Å². The summed E-state index contributed by atoms with van der Waals surface area (Å²) in [5, 5.41) is 12.2. The van der Waals surface area contributed by atoms with E-state index >= 15 is 0 Å². The van der Waals surface area contributed by atoms with Crippen LogP contribution in [0.4, 0.5) is 0 Å². The molecule has 8 bridgehead atoms. The van der Waals surface area contributed by atoms with Gasteiger partial charge >= 0.3 is 0 Å². The Morgan fingerprint density at radius 2 is 0.500 bits per heavy atom. The molecule has 0 fully saturated rings. The third-order valence-corrected chi connectivity index (χ3v) is 17.0. The first-order chi connectivity index (χ1) is 45.8. The van der Waals surface area contributed by atoms with Crippen LogP contribution in [0.3, 0.4) is 0 Å². The summed E-state index contributed by atoms with van der Waals surface area (Å²) in [5.41, 5.74) is 12.5. The van der Waals surface area contributed by atoms with E-state index in [0.29, 0.717) is 127 Å². The minimum atomic E-state index is -0.303. The Labute approximate surface area is 567 Å². The van der Waals surface area contributed by atoms with Gasteiger partial charge in [-0.2, -0.15) is 0 Å². The fourth-order valence-corrected chi connectivity index (χ4v) is 11.5. The second-order valence-corrected chi connectivity index (χ2v) is 28.9. The zero-order chi connectivity index (χ0) is 68.6. The van der Waals surface area contributed by atoms with Crippen LogP contribution >= 0.6 is 0 Å². The zero-order valence-corrected chi connectivity index (χ0v) is 58.2. The number of rotatable bonds is 24. The SMILES string of the molecule is CC(C)(C)c1cc2c(OCCCNC(=O)c3ccccn3)c(c1)Cc1cc(C(C)(C)C)cc(c1OCCCNC(=O)c1ccccn1)Cc1cc(C(C)(C)C)cc(c1OCCCNC(=O)c1ccccn1)Cc1cc(C(C)(C)C)cc(c1OCCCNC(=O)c1ccccn1)C2. The second kappa shape index (κ2) is 31.9. The van der Waals surface area contributed by atoms with Crippen LogP contribution in [-0.2, 0) is 47.3 Å². The standard InChI is InChI=1S/C80H96N8O8/c1-77(2,3)61-45-53-41-55-47-62(78(4,5)6)49-57(70(55)94-38-22-34-86-74(90)66-26-14-18-30-82-66)43-59-51-64(80(10,11)12)52-60(72(59)96-40-24-36-88-76(92)68-28-16-20-32-84-68)44-58-50-63(79(7,8)9)48-56(71(58)95-39-23-35-87-75(91)67-27-15-19-31-83-67)42-54(46-61)69(53)93-37-21-33-85-73(89)65-25-13-17-29-81-65/h13-20,25-32,45-52H,21-24,33-44H2,1-12H3,(H,85,89)(H,86,90)(H,87,91)(H,88,92). The van der Waals surface area contributed by atoms with Crippen molar-refractivity contribution in [2.45, 2.75) is 156 Å². The maximum Gasteiger partial charge on any atom is 0.269 e. The van der Waals surface area contributed by atoms with E-state index in [2.05, 4.69) is 173 Å². The molecule has 0 saturated carbocycles. The molecule has 0 aliphatic heterocycles. The predicted molar refractivity (Wildman–Crippen MR) is 379 cm³/mol. The number of amides is 4. The minimum absolute atomic E-state index is 0.253. The van der Waals surface area contributed by atoms with Crippen molar-refractivity contribution < 1.29 is 38.1 Å². The molecule has 504 valence electrons. The van der Waals surface area contributed by atoms with Gasteiger partial charge in [-0.25, -0.2) is 0 Å². The molecule has 4 aromatic carbocycles. The van der Waals surface area contributed by atoms with Crippen LogP contribution in [0.25, 0.3) is 0 Å². The zero-order valence-electron chi connectivity index (χ0n) is 58.2. The molecular formula is C80H96N8O8. The summed E-state index contributed by atoms with van der Waals surface area (Å²) in [6.45, 7) is 29.5. The number of aromatic nitrogens is 4. The maximum absolute atomic E-state index is 13.3. The summed E-state index contributed by atoms with van der Waals surface area (Å²) < 4.78 is 28.9. The van der Waals surface area contributed by atoms with Gasteiger partial charge in [0.15, 0.2) is 0 Å². The Morgan fingerprint density at radius 1 is 0.312 bits per heavy atom. The van der Waals surface area contributed by atoms with Crippen molar-refractivity contribution in [2.24, 2.45) is 0 Å². The predicted octanol–water partition coefficient (Wildman–Crippen LogP) is 13.9. The molecule has 8 aromatic rings. The molecule has 16 heteroatoms. The molecule has 4 heterocycles. The molecule has 1 aliphatic rings. The molecule has 16 nitrogen and oxygen atoms in total. The van der Waals surface area contributed by atoms with Crippen molar-refractivity contribution in [3.05, 3.63) is 236 Å². The normalized spacial score (nSPS) is 12.5. The fraction of sp³-hybridized carbons (Fsp3) is 0.400. The first-order valence-corrected chi connectivity index (χ1v) is 33.7. The lowest BCUT2D eigenvalue weighted by Gasteiger charge is -2.29.